The van der Waals surface area contributed by atoms with Crippen LogP contribution in [0.3, 0.4) is 0 Å². The van der Waals surface area contributed by atoms with Crippen molar-refractivity contribution < 1.29 is 4.74 Å². The first-order valence-electron chi connectivity index (χ1n) is 3.59. The number of halogens is 1. The summed E-state index contributed by atoms with van der Waals surface area (Å²) in [4.78, 5) is 0. The molecule has 66 valence electrons. The molecule has 1 aromatic carbocycles. The third-order valence-electron chi connectivity index (χ3n) is 1.53. The molecule has 0 fully saturated rings. The summed E-state index contributed by atoms with van der Waals surface area (Å²) in [6.07, 6.45) is 2.09. The number of thioether (sulfide) groups is 1. The average molecular weight is 247 g/mol. The van der Waals surface area contributed by atoms with Crippen molar-refractivity contribution in [3.8, 4) is 5.75 Å². The molecule has 0 spiro atoms. The number of rotatable bonds is 3. The molecule has 0 radical (unpaired) electrons. The third-order valence-corrected chi connectivity index (χ3v) is 2.80. The van der Waals surface area contributed by atoms with E-state index < -0.39 is 0 Å². The number of ether oxygens (including phenoxy) is 1. The fourth-order valence-electron chi connectivity index (χ4n) is 0.961. The minimum absolute atomic E-state index is 0.904. The Bertz CT molecular complexity index is 263. The maximum atomic E-state index is 5.18. The van der Waals surface area contributed by atoms with Crippen LogP contribution >= 0.6 is 27.7 Å². The topological polar surface area (TPSA) is 9.23 Å². The molecule has 0 heterocycles. The molecule has 0 unspecified atom stereocenters. The third kappa shape index (κ3) is 2.42. The molecule has 1 rings (SSSR count). The molecule has 1 nitrogen and oxygen atoms in total. The fourth-order valence-corrected chi connectivity index (χ4v) is 1.88. The van der Waals surface area contributed by atoms with Crippen LogP contribution in [0.4, 0.5) is 0 Å². The van der Waals surface area contributed by atoms with Crippen molar-refractivity contribution in [2.24, 2.45) is 0 Å². The number of benzene rings is 1. The van der Waals surface area contributed by atoms with E-state index in [4.69, 9.17) is 4.74 Å². The van der Waals surface area contributed by atoms with Gasteiger partial charge in [-0.05, 0) is 39.9 Å². The smallest absolute Gasteiger partial charge is 0.133 e. The molecule has 3 heteroatoms. The normalized spacial score (nSPS) is 9.92. The van der Waals surface area contributed by atoms with Gasteiger partial charge in [0, 0.05) is 5.75 Å². The summed E-state index contributed by atoms with van der Waals surface area (Å²) in [5.74, 6) is 1.94. The summed E-state index contributed by atoms with van der Waals surface area (Å²) in [5, 5.41) is 0. The van der Waals surface area contributed by atoms with E-state index in [1.165, 1.54) is 5.56 Å². The van der Waals surface area contributed by atoms with Crippen LogP contribution in [-0.2, 0) is 5.75 Å². The van der Waals surface area contributed by atoms with Gasteiger partial charge in [-0.2, -0.15) is 11.8 Å². The zero-order valence-electron chi connectivity index (χ0n) is 7.13. The Kier molecular flexibility index (Phi) is 3.95. The van der Waals surface area contributed by atoms with Crippen LogP contribution in [-0.4, -0.2) is 13.4 Å². The fraction of sp³-hybridized carbons (Fsp3) is 0.333. The van der Waals surface area contributed by atoms with Crippen LogP contribution in [0.2, 0.25) is 0 Å². The van der Waals surface area contributed by atoms with Gasteiger partial charge in [-0.3, -0.25) is 0 Å². The molecule has 0 bridgehead atoms. The van der Waals surface area contributed by atoms with Gasteiger partial charge in [0.2, 0.25) is 0 Å². The summed E-state index contributed by atoms with van der Waals surface area (Å²) in [6.45, 7) is 0. The molecule has 0 aliphatic heterocycles. The van der Waals surface area contributed by atoms with Crippen LogP contribution in [0.15, 0.2) is 22.7 Å². The van der Waals surface area contributed by atoms with Crippen molar-refractivity contribution in [3.63, 3.8) is 0 Å². The maximum Gasteiger partial charge on any atom is 0.133 e. The molecule has 0 aliphatic carbocycles. The van der Waals surface area contributed by atoms with E-state index in [-0.39, 0.29) is 0 Å². The van der Waals surface area contributed by atoms with Crippen molar-refractivity contribution in [1.82, 2.24) is 0 Å². The van der Waals surface area contributed by atoms with E-state index >= 15 is 0 Å². The Morgan fingerprint density at radius 3 is 2.83 bits per heavy atom. The summed E-state index contributed by atoms with van der Waals surface area (Å²) in [7, 11) is 1.68. The van der Waals surface area contributed by atoms with Gasteiger partial charge in [0.25, 0.3) is 0 Å². The number of hydrogen-bond donors (Lipinski definition) is 0. The van der Waals surface area contributed by atoms with Gasteiger partial charge in [0.15, 0.2) is 0 Å². The lowest BCUT2D eigenvalue weighted by Gasteiger charge is -2.05. The van der Waals surface area contributed by atoms with E-state index in [1.54, 1.807) is 7.11 Å². The molecule has 0 atom stereocenters. The van der Waals surface area contributed by atoms with Crippen molar-refractivity contribution in [2.45, 2.75) is 5.75 Å². The predicted octanol–water partition coefficient (Wildman–Crippen LogP) is 3.32. The molecule has 0 amide bonds. The largest absolute Gasteiger partial charge is 0.496 e. The van der Waals surface area contributed by atoms with Crippen LogP contribution in [0.25, 0.3) is 0 Å². The number of hydrogen-bond acceptors (Lipinski definition) is 2. The molecule has 0 aliphatic rings. The first-order valence-corrected chi connectivity index (χ1v) is 5.78. The number of methoxy groups -OCH3 is 1. The van der Waals surface area contributed by atoms with Gasteiger partial charge in [-0.15, -0.1) is 0 Å². The standard InChI is InChI=1S/C9H11BrOS/c1-11-9-5-7(6-12-2)3-4-8(9)10/h3-5H,6H2,1-2H3. The van der Waals surface area contributed by atoms with Crippen LogP contribution in [0.1, 0.15) is 5.56 Å². The molecule has 0 saturated carbocycles. The highest BCUT2D eigenvalue weighted by Crippen LogP contribution is 2.26. The SMILES string of the molecule is COc1cc(CSC)ccc1Br. The first kappa shape index (κ1) is 9.93. The lowest BCUT2D eigenvalue weighted by Crippen LogP contribution is -1.86. The maximum absolute atomic E-state index is 5.18. The lowest BCUT2D eigenvalue weighted by molar-refractivity contribution is 0.412. The van der Waals surface area contributed by atoms with Crippen LogP contribution in [0, 0.1) is 0 Å². The van der Waals surface area contributed by atoms with Crippen molar-refractivity contribution >= 4 is 27.7 Å². The zero-order valence-corrected chi connectivity index (χ0v) is 9.54. The average Bonchev–Trinajstić information content (AvgIpc) is 2.09. The first-order chi connectivity index (χ1) is 5.77. The molecule has 12 heavy (non-hydrogen) atoms. The van der Waals surface area contributed by atoms with Crippen LogP contribution in [0.5, 0.6) is 5.75 Å². The summed E-state index contributed by atoms with van der Waals surface area (Å²) in [6, 6.07) is 6.17. The highest BCUT2D eigenvalue weighted by molar-refractivity contribution is 9.10. The Hall–Kier alpha value is -0.150. The van der Waals surface area contributed by atoms with Gasteiger partial charge >= 0.3 is 0 Å². The Labute approximate surface area is 85.6 Å². The Morgan fingerprint density at radius 2 is 2.25 bits per heavy atom. The molecule has 1 aromatic rings. The highest BCUT2D eigenvalue weighted by Gasteiger charge is 2.00. The predicted molar refractivity (Wildman–Crippen MR) is 57.9 cm³/mol. The highest BCUT2D eigenvalue weighted by atomic mass is 79.9. The quantitative estimate of drug-likeness (QED) is 0.810. The molecular formula is C9H11BrOS. The zero-order chi connectivity index (χ0) is 8.97. The van der Waals surface area contributed by atoms with Crippen molar-refractivity contribution in [2.75, 3.05) is 13.4 Å². The minimum atomic E-state index is 0.904. The van der Waals surface area contributed by atoms with E-state index in [9.17, 15) is 0 Å². The van der Waals surface area contributed by atoms with Crippen LogP contribution < -0.4 is 4.74 Å². The summed E-state index contributed by atoms with van der Waals surface area (Å²) < 4.78 is 6.18. The molecular weight excluding hydrogens is 236 g/mol. The van der Waals surface area contributed by atoms with Gasteiger partial charge in [-0.25, -0.2) is 0 Å². The summed E-state index contributed by atoms with van der Waals surface area (Å²) >= 11 is 5.22. The van der Waals surface area contributed by atoms with Gasteiger partial charge < -0.3 is 4.74 Å². The van der Waals surface area contributed by atoms with E-state index in [0.29, 0.717) is 0 Å². The van der Waals surface area contributed by atoms with Crippen molar-refractivity contribution in [1.29, 1.82) is 0 Å². The molecule has 0 N–H and O–H groups in total. The lowest BCUT2D eigenvalue weighted by atomic mass is 10.2. The second-order valence-electron chi connectivity index (χ2n) is 2.40. The van der Waals surface area contributed by atoms with E-state index in [0.717, 1.165) is 16.0 Å². The van der Waals surface area contributed by atoms with Crippen molar-refractivity contribution in [3.05, 3.63) is 28.2 Å². The molecule has 0 saturated heterocycles. The second kappa shape index (κ2) is 4.77. The van der Waals surface area contributed by atoms with E-state index in [2.05, 4.69) is 34.3 Å². The van der Waals surface area contributed by atoms with E-state index in [1.807, 2.05) is 17.8 Å². The van der Waals surface area contributed by atoms with Gasteiger partial charge in [-0.1, -0.05) is 6.07 Å². The van der Waals surface area contributed by atoms with Gasteiger partial charge in [0.05, 0.1) is 11.6 Å². The Morgan fingerprint density at radius 1 is 1.50 bits per heavy atom. The Balaban J connectivity index is 2.89. The summed E-state index contributed by atoms with van der Waals surface area (Å²) in [5.41, 5.74) is 1.29. The second-order valence-corrected chi connectivity index (χ2v) is 4.12. The minimum Gasteiger partial charge on any atom is -0.496 e. The van der Waals surface area contributed by atoms with Gasteiger partial charge in [0.1, 0.15) is 5.75 Å². The molecule has 0 aromatic heterocycles. The monoisotopic (exact) mass is 246 g/mol.